The zero-order valence-electron chi connectivity index (χ0n) is 18.1. The molecule has 3 heterocycles. The Morgan fingerprint density at radius 3 is 2.69 bits per heavy atom. The third-order valence-electron chi connectivity index (χ3n) is 6.19. The van der Waals surface area contributed by atoms with Gasteiger partial charge in [-0.3, -0.25) is 9.59 Å². The van der Waals surface area contributed by atoms with Gasteiger partial charge in [-0.05, 0) is 67.9 Å². The van der Waals surface area contributed by atoms with Crippen molar-refractivity contribution in [3.63, 3.8) is 0 Å². The average Bonchev–Trinajstić information content (AvgIpc) is 3.26. The molecule has 1 aliphatic heterocycles. The van der Waals surface area contributed by atoms with E-state index in [-0.39, 0.29) is 18.0 Å². The molecule has 0 radical (unpaired) electrons. The van der Waals surface area contributed by atoms with Crippen molar-refractivity contribution in [1.82, 2.24) is 19.7 Å². The summed E-state index contributed by atoms with van der Waals surface area (Å²) >= 11 is 0. The van der Waals surface area contributed by atoms with Crippen molar-refractivity contribution in [2.75, 3.05) is 11.4 Å². The molecular formula is C25H25N5O2. The fourth-order valence-electron chi connectivity index (χ4n) is 4.51. The number of allylic oxidation sites excluding steroid dienone is 2. The number of anilines is 1. The summed E-state index contributed by atoms with van der Waals surface area (Å²) in [5.74, 6) is 0.590. The van der Waals surface area contributed by atoms with Crippen LogP contribution in [0.2, 0.25) is 0 Å². The van der Waals surface area contributed by atoms with Crippen molar-refractivity contribution in [2.24, 2.45) is 0 Å². The molecule has 0 saturated carbocycles. The van der Waals surface area contributed by atoms with Gasteiger partial charge in [0.05, 0.1) is 5.69 Å². The van der Waals surface area contributed by atoms with E-state index < -0.39 is 0 Å². The molecule has 0 saturated heterocycles. The predicted octanol–water partition coefficient (Wildman–Crippen LogP) is 3.56. The first kappa shape index (κ1) is 20.3. The minimum atomic E-state index is -0.261. The molecule has 32 heavy (non-hydrogen) atoms. The van der Waals surface area contributed by atoms with Gasteiger partial charge in [0.25, 0.3) is 5.56 Å². The molecule has 0 fully saturated rings. The van der Waals surface area contributed by atoms with Crippen molar-refractivity contribution < 1.29 is 4.79 Å². The Hall–Kier alpha value is -3.61. The van der Waals surface area contributed by atoms with Crippen LogP contribution < -0.4 is 10.5 Å². The monoisotopic (exact) mass is 427 g/mol. The lowest BCUT2D eigenvalue weighted by molar-refractivity contribution is -0.119. The van der Waals surface area contributed by atoms with Crippen LogP contribution in [0.15, 0.2) is 53.6 Å². The number of benzene rings is 1. The molecule has 5 rings (SSSR count). The topological polar surface area (TPSA) is 81.0 Å². The van der Waals surface area contributed by atoms with E-state index in [0.29, 0.717) is 6.54 Å². The van der Waals surface area contributed by atoms with Crippen LogP contribution in [-0.2, 0) is 17.8 Å². The maximum absolute atomic E-state index is 13.2. The Labute approximate surface area is 186 Å². The van der Waals surface area contributed by atoms with Gasteiger partial charge < -0.3 is 4.90 Å². The zero-order chi connectivity index (χ0) is 22.1. The summed E-state index contributed by atoms with van der Waals surface area (Å²) in [6.45, 7) is 2.37. The number of carbonyl (C=O) groups excluding carboxylic acids is 1. The maximum Gasteiger partial charge on any atom is 0.267 e. The van der Waals surface area contributed by atoms with E-state index in [9.17, 15) is 9.59 Å². The second-order valence-corrected chi connectivity index (χ2v) is 8.31. The van der Waals surface area contributed by atoms with Crippen molar-refractivity contribution in [3.05, 3.63) is 76.2 Å². The van der Waals surface area contributed by atoms with Crippen LogP contribution in [0.5, 0.6) is 0 Å². The average molecular weight is 428 g/mol. The first-order valence-electron chi connectivity index (χ1n) is 11.1. The number of hydrogen-bond donors (Lipinski definition) is 0. The number of fused-ring (bicyclic) bond motifs is 1. The third-order valence-corrected chi connectivity index (χ3v) is 6.19. The highest BCUT2D eigenvalue weighted by Gasteiger charge is 2.27. The largest absolute Gasteiger partial charge is 0.310 e. The molecule has 3 aromatic rings. The summed E-state index contributed by atoms with van der Waals surface area (Å²) < 4.78 is 1.29. The third kappa shape index (κ3) is 3.86. The van der Waals surface area contributed by atoms with Crippen LogP contribution in [0.3, 0.4) is 0 Å². The number of nitrogens with zero attached hydrogens (tertiary/aromatic N) is 5. The van der Waals surface area contributed by atoms with Gasteiger partial charge in [-0.15, -0.1) is 0 Å². The van der Waals surface area contributed by atoms with Gasteiger partial charge >= 0.3 is 0 Å². The number of hydrogen-bond acceptors (Lipinski definition) is 5. The molecule has 0 bridgehead atoms. The van der Waals surface area contributed by atoms with Gasteiger partial charge in [-0.25, -0.2) is 14.6 Å². The standard InChI is InChI=1S/C25H25N5O2/c1-17-26-14-19(15-27-17)20-8-5-9-23-21(20)12-13-29(23)25(32)16-30-24(31)11-10-22(28-30)18-6-3-2-4-7-18/h5-6,8-11,14-15H,2-4,7,12-13,16H2,1H3. The number of aryl methyl sites for hydroxylation is 1. The van der Waals surface area contributed by atoms with Crippen molar-refractivity contribution >= 4 is 17.2 Å². The summed E-state index contributed by atoms with van der Waals surface area (Å²) in [5, 5.41) is 4.51. The normalized spacial score (nSPS) is 15.4. The SMILES string of the molecule is Cc1ncc(-c2cccc3c2CCN3C(=O)Cn2nc(C3=CCCCC3)ccc2=O)cn1. The second-order valence-electron chi connectivity index (χ2n) is 8.31. The summed E-state index contributed by atoms with van der Waals surface area (Å²) in [5.41, 5.74) is 5.66. The first-order valence-corrected chi connectivity index (χ1v) is 11.1. The molecule has 7 nitrogen and oxygen atoms in total. The number of aromatic nitrogens is 4. The predicted molar refractivity (Wildman–Crippen MR) is 123 cm³/mol. The van der Waals surface area contributed by atoms with Crippen LogP contribution in [0, 0.1) is 6.92 Å². The van der Waals surface area contributed by atoms with Crippen molar-refractivity contribution in [2.45, 2.75) is 45.6 Å². The minimum absolute atomic E-state index is 0.0722. The Bertz CT molecular complexity index is 1260. The van der Waals surface area contributed by atoms with E-state index in [2.05, 4.69) is 21.1 Å². The van der Waals surface area contributed by atoms with Crippen LogP contribution in [0.25, 0.3) is 16.7 Å². The second kappa shape index (κ2) is 8.49. The van der Waals surface area contributed by atoms with Crippen molar-refractivity contribution in [3.8, 4) is 11.1 Å². The number of amides is 1. The van der Waals surface area contributed by atoms with Gasteiger partial charge in [0.1, 0.15) is 12.4 Å². The number of carbonyl (C=O) groups is 1. The van der Waals surface area contributed by atoms with Crippen molar-refractivity contribution in [1.29, 1.82) is 0 Å². The highest BCUT2D eigenvalue weighted by atomic mass is 16.2. The quantitative estimate of drug-likeness (QED) is 0.636. The Balaban J connectivity index is 1.41. The van der Waals surface area contributed by atoms with Gasteiger partial charge in [0, 0.05) is 36.3 Å². The van der Waals surface area contributed by atoms with Gasteiger partial charge in [-0.1, -0.05) is 18.2 Å². The lowest BCUT2D eigenvalue weighted by Gasteiger charge is -2.19. The summed E-state index contributed by atoms with van der Waals surface area (Å²) in [7, 11) is 0. The lowest BCUT2D eigenvalue weighted by atomic mass is 9.97. The summed E-state index contributed by atoms with van der Waals surface area (Å²) in [4.78, 5) is 36.0. The highest BCUT2D eigenvalue weighted by molar-refractivity contribution is 5.96. The van der Waals surface area contributed by atoms with E-state index in [4.69, 9.17) is 0 Å². The van der Waals surface area contributed by atoms with Crippen LogP contribution in [-0.4, -0.2) is 32.2 Å². The van der Waals surface area contributed by atoms with E-state index in [1.54, 1.807) is 11.0 Å². The zero-order valence-corrected chi connectivity index (χ0v) is 18.1. The molecule has 0 N–H and O–H groups in total. The molecule has 1 aromatic carbocycles. The fourth-order valence-corrected chi connectivity index (χ4v) is 4.51. The number of rotatable bonds is 4. The molecule has 2 aromatic heterocycles. The van der Waals surface area contributed by atoms with Crippen LogP contribution in [0.4, 0.5) is 5.69 Å². The Morgan fingerprint density at radius 2 is 1.91 bits per heavy atom. The van der Waals surface area contributed by atoms with E-state index >= 15 is 0 Å². The first-order chi connectivity index (χ1) is 15.6. The Kier molecular flexibility index (Phi) is 5.39. The maximum atomic E-state index is 13.2. The molecule has 0 unspecified atom stereocenters. The van der Waals surface area contributed by atoms with E-state index in [0.717, 1.165) is 65.2 Å². The van der Waals surface area contributed by atoms with Crippen LogP contribution >= 0.6 is 0 Å². The highest BCUT2D eigenvalue weighted by Crippen LogP contribution is 2.36. The van der Waals surface area contributed by atoms with Crippen LogP contribution in [0.1, 0.15) is 42.8 Å². The molecule has 7 heteroatoms. The molecule has 2 aliphatic rings. The molecule has 1 amide bonds. The summed E-state index contributed by atoms with van der Waals surface area (Å²) in [6, 6.07) is 9.22. The molecule has 1 aliphatic carbocycles. The smallest absolute Gasteiger partial charge is 0.267 e. The minimum Gasteiger partial charge on any atom is -0.310 e. The van der Waals surface area contributed by atoms with Gasteiger partial charge in [0.15, 0.2) is 0 Å². The van der Waals surface area contributed by atoms with E-state index in [1.165, 1.54) is 17.2 Å². The molecular weight excluding hydrogens is 402 g/mol. The summed E-state index contributed by atoms with van der Waals surface area (Å²) in [6.07, 6.45) is 10.9. The molecule has 0 spiro atoms. The fraction of sp³-hybridized carbons (Fsp3) is 0.320. The van der Waals surface area contributed by atoms with E-state index in [1.807, 2.05) is 37.5 Å². The molecule has 0 atom stereocenters. The molecule has 162 valence electrons. The van der Waals surface area contributed by atoms with Gasteiger partial charge in [0.2, 0.25) is 5.91 Å². The Morgan fingerprint density at radius 1 is 1.06 bits per heavy atom. The lowest BCUT2D eigenvalue weighted by Crippen LogP contribution is -2.36. The van der Waals surface area contributed by atoms with Gasteiger partial charge in [-0.2, -0.15) is 5.10 Å².